The van der Waals surface area contributed by atoms with Crippen molar-refractivity contribution in [2.75, 3.05) is 4.90 Å². The third-order valence-electron chi connectivity index (χ3n) is 2.38. The summed E-state index contributed by atoms with van der Waals surface area (Å²) in [6.45, 7) is 0. The van der Waals surface area contributed by atoms with Gasteiger partial charge in [-0.1, -0.05) is 36.4 Å². The summed E-state index contributed by atoms with van der Waals surface area (Å²) in [6.07, 6.45) is 0. The number of hydrogen-bond acceptors (Lipinski definition) is 2. The molecular formula is C14H11N2OS. The van der Waals surface area contributed by atoms with Crippen molar-refractivity contribution in [3.63, 3.8) is 0 Å². The number of para-hydroxylation sites is 1. The summed E-state index contributed by atoms with van der Waals surface area (Å²) in [4.78, 5) is 13.6. The van der Waals surface area contributed by atoms with E-state index >= 15 is 0 Å². The van der Waals surface area contributed by atoms with Gasteiger partial charge in [-0.15, -0.1) is 0 Å². The molecule has 18 heavy (non-hydrogen) atoms. The molecule has 0 spiro atoms. The highest BCUT2D eigenvalue weighted by Crippen LogP contribution is 2.16. The Morgan fingerprint density at radius 1 is 1.11 bits per heavy atom. The van der Waals surface area contributed by atoms with Crippen LogP contribution in [0.15, 0.2) is 54.6 Å². The molecule has 0 saturated carbocycles. The van der Waals surface area contributed by atoms with E-state index in [-0.39, 0.29) is 11.0 Å². The molecule has 0 aliphatic rings. The Morgan fingerprint density at radius 2 is 1.78 bits per heavy atom. The number of rotatable bonds is 2. The van der Waals surface area contributed by atoms with Crippen LogP contribution in [0.2, 0.25) is 0 Å². The van der Waals surface area contributed by atoms with Crippen LogP contribution >= 0.6 is 12.2 Å². The zero-order valence-corrected chi connectivity index (χ0v) is 10.4. The standard InChI is InChI=1S/C14H11N2OS/c15-14(18)16(12-9-5-2-6-10-12)13(17)11-7-3-1-4-8-11/h1-9H,(H2,15,18). The number of nitrogens with two attached hydrogens (primary N) is 1. The Morgan fingerprint density at radius 3 is 2.33 bits per heavy atom. The van der Waals surface area contributed by atoms with Gasteiger partial charge in [-0.05, 0) is 30.4 Å². The normalized spacial score (nSPS) is 9.78. The van der Waals surface area contributed by atoms with Crippen LogP contribution in [0.3, 0.4) is 0 Å². The van der Waals surface area contributed by atoms with E-state index in [1.165, 1.54) is 4.90 Å². The van der Waals surface area contributed by atoms with E-state index < -0.39 is 0 Å². The summed E-state index contributed by atoms with van der Waals surface area (Å²) in [5, 5.41) is 0.00584. The van der Waals surface area contributed by atoms with Gasteiger partial charge in [0.05, 0.1) is 5.69 Å². The van der Waals surface area contributed by atoms with Crippen molar-refractivity contribution in [1.82, 2.24) is 0 Å². The molecule has 4 heteroatoms. The van der Waals surface area contributed by atoms with Gasteiger partial charge in [0.2, 0.25) is 0 Å². The minimum Gasteiger partial charge on any atom is -0.376 e. The number of carbonyl (C=O) groups is 1. The van der Waals surface area contributed by atoms with Crippen molar-refractivity contribution < 1.29 is 4.79 Å². The molecule has 0 fully saturated rings. The van der Waals surface area contributed by atoms with Crippen molar-refractivity contribution in [3.05, 3.63) is 66.2 Å². The third kappa shape index (κ3) is 2.55. The molecule has 0 atom stereocenters. The van der Waals surface area contributed by atoms with E-state index in [2.05, 4.69) is 6.07 Å². The molecule has 1 radical (unpaired) electrons. The van der Waals surface area contributed by atoms with Crippen LogP contribution in [-0.2, 0) is 0 Å². The zero-order chi connectivity index (χ0) is 13.0. The molecule has 89 valence electrons. The van der Waals surface area contributed by atoms with Gasteiger partial charge in [0, 0.05) is 11.6 Å². The van der Waals surface area contributed by atoms with Crippen LogP contribution in [0.25, 0.3) is 0 Å². The van der Waals surface area contributed by atoms with E-state index in [0.29, 0.717) is 11.3 Å². The van der Waals surface area contributed by atoms with Gasteiger partial charge < -0.3 is 5.73 Å². The molecule has 3 nitrogen and oxygen atoms in total. The fraction of sp³-hybridized carbons (Fsp3) is 0. The van der Waals surface area contributed by atoms with Crippen molar-refractivity contribution in [1.29, 1.82) is 0 Å². The monoisotopic (exact) mass is 255 g/mol. The maximum Gasteiger partial charge on any atom is 0.264 e. The number of benzene rings is 2. The number of anilines is 1. The first-order chi connectivity index (χ1) is 8.70. The minimum absolute atomic E-state index is 0.00584. The summed E-state index contributed by atoms with van der Waals surface area (Å²) in [7, 11) is 0. The predicted molar refractivity (Wildman–Crippen MR) is 75.3 cm³/mol. The topological polar surface area (TPSA) is 46.3 Å². The SMILES string of the molecule is NC(=S)N(C(=O)c1ccccc1)c1[c]cccc1. The highest BCUT2D eigenvalue weighted by molar-refractivity contribution is 7.80. The summed E-state index contributed by atoms with van der Waals surface area (Å²) >= 11 is 4.94. The van der Waals surface area contributed by atoms with Gasteiger partial charge >= 0.3 is 0 Å². The van der Waals surface area contributed by atoms with Gasteiger partial charge in [0.25, 0.3) is 5.91 Å². The molecule has 0 aromatic heterocycles. The lowest BCUT2D eigenvalue weighted by molar-refractivity contribution is 0.100. The number of amides is 1. The van der Waals surface area contributed by atoms with E-state index in [1.807, 2.05) is 12.1 Å². The third-order valence-corrected chi connectivity index (χ3v) is 2.56. The summed E-state index contributed by atoms with van der Waals surface area (Å²) in [5.41, 5.74) is 6.69. The van der Waals surface area contributed by atoms with E-state index in [0.717, 1.165) is 0 Å². The molecule has 2 rings (SSSR count). The number of nitrogens with zero attached hydrogens (tertiary/aromatic N) is 1. The molecule has 2 aromatic rings. The highest BCUT2D eigenvalue weighted by atomic mass is 32.1. The van der Waals surface area contributed by atoms with Crippen LogP contribution in [0.5, 0.6) is 0 Å². The molecule has 0 bridgehead atoms. The molecule has 0 aliphatic heterocycles. The minimum atomic E-state index is -0.259. The average molecular weight is 255 g/mol. The van der Waals surface area contributed by atoms with Gasteiger partial charge in [0.15, 0.2) is 5.11 Å². The molecule has 0 aliphatic carbocycles. The Kier molecular flexibility index (Phi) is 3.69. The molecular weight excluding hydrogens is 244 g/mol. The first-order valence-corrected chi connectivity index (χ1v) is 5.76. The van der Waals surface area contributed by atoms with Crippen molar-refractivity contribution in [3.8, 4) is 0 Å². The molecule has 1 amide bonds. The van der Waals surface area contributed by atoms with Gasteiger partial charge in [-0.25, -0.2) is 0 Å². The quantitative estimate of drug-likeness (QED) is 0.838. The first kappa shape index (κ1) is 12.3. The van der Waals surface area contributed by atoms with E-state index in [9.17, 15) is 4.79 Å². The largest absolute Gasteiger partial charge is 0.376 e. The molecule has 2 aromatic carbocycles. The van der Waals surface area contributed by atoms with Gasteiger partial charge in [-0.2, -0.15) is 0 Å². The summed E-state index contributed by atoms with van der Waals surface area (Å²) in [5.74, 6) is -0.259. The van der Waals surface area contributed by atoms with Crippen molar-refractivity contribution >= 4 is 28.9 Å². The second-order valence-corrected chi connectivity index (χ2v) is 4.01. The second kappa shape index (κ2) is 5.42. The maximum atomic E-state index is 12.3. The van der Waals surface area contributed by atoms with Gasteiger partial charge in [-0.3, -0.25) is 9.69 Å². The molecule has 2 N–H and O–H groups in total. The highest BCUT2D eigenvalue weighted by Gasteiger charge is 2.19. The maximum absolute atomic E-state index is 12.3. The van der Waals surface area contributed by atoms with Crippen LogP contribution in [0.1, 0.15) is 10.4 Å². The fourth-order valence-electron chi connectivity index (χ4n) is 1.56. The molecule has 0 unspecified atom stereocenters. The molecule has 0 saturated heterocycles. The lowest BCUT2D eigenvalue weighted by atomic mass is 10.2. The summed E-state index contributed by atoms with van der Waals surface area (Å²) in [6, 6.07) is 18.9. The lowest BCUT2D eigenvalue weighted by Crippen LogP contribution is -2.40. The van der Waals surface area contributed by atoms with E-state index in [4.69, 9.17) is 18.0 Å². The van der Waals surface area contributed by atoms with Crippen LogP contribution in [0, 0.1) is 6.07 Å². The summed E-state index contributed by atoms with van der Waals surface area (Å²) < 4.78 is 0. The smallest absolute Gasteiger partial charge is 0.264 e. The van der Waals surface area contributed by atoms with E-state index in [1.54, 1.807) is 42.5 Å². The Labute approximate surface area is 111 Å². The number of thiocarbonyl (C=S) groups is 1. The van der Waals surface area contributed by atoms with Gasteiger partial charge in [0.1, 0.15) is 0 Å². The van der Waals surface area contributed by atoms with Crippen molar-refractivity contribution in [2.24, 2.45) is 5.73 Å². The Hall–Kier alpha value is -2.20. The second-order valence-electron chi connectivity index (χ2n) is 3.59. The number of hydrogen-bond donors (Lipinski definition) is 1. The van der Waals surface area contributed by atoms with Crippen molar-refractivity contribution in [2.45, 2.75) is 0 Å². The average Bonchev–Trinajstić information content (AvgIpc) is 2.40. The molecule has 0 heterocycles. The first-order valence-electron chi connectivity index (χ1n) is 5.36. The predicted octanol–water partition coefficient (Wildman–Crippen LogP) is 2.38. The van der Waals surface area contributed by atoms with Crippen LogP contribution < -0.4 is 10.6 Å². The van der Waals surface area contributed by atoms with Crippen LogP contribution in [0.4, 0.5) is 5.69 Å². The lowest BCUT2D eigenvalue weighted by Gasteiger charge is -2.20. The Balaban J connectivity index is 2.39. The van der Waals surface area contributed by atoms with Crippen LogP contribution in [-0.4, -0.2) is 11.0 Å². The Bertz CT molecular complexity index is 555. The number of carbonyl (C=O) groups excluding carboxylic acids is 1. The zero-order valence-electron chi connectivity index (χ0n) is 9.54. The fourth-order valence-corrected chi connectivity index (χ4v) is 1.74.